The number of imide groups is 1. The molecule has 262 valence electrons. The highest BCUT2D eigenvalue weighted by molar-refractivity contribution is 8.02. The second-order valence-corrected chi connectivity index (χ2v) is 14.9. The molecule has 0 aromatic carbocycles. The molecule has 1 saturated heterocycles. The molecule has 5 atom stereocenters. The van der Waals surface area contributed by atoms with Crippen molar-refractivity contribution in [3.8, 4) is 0 Å². The number of hydrogen-bond donors (Lipinski definition) is 2. The van der Waals surface area contributed by atoms with E-state index in [2.05, 4.69) is 10.2 Å². The quantitative estimate of drug-likeness (QED) is 0.0578. The standard InChI is InChI=1S/C29H47N3O12S2/c1-9-29(4,30-5)17-20(27(37)44-13-11-42-8)14-19(26(36)43-12-10-41-7)15-21(45-22-16-23(33)32(6)25(22)35)24(34)31-28(2,3)18-46(38,39)40/h19-22H,9-18H2,1-4,6-8H3,(H,31,34)(H,38,39,40). The van der Waals surface area contributed by atoms with E-state index in [0.717, 1.165) is 16.7 Å². The fraction of sp³-hybridized carbons (Fsp3) is 0.793. The van der Waals surface area contributed by atoms with E-state index in [1.54, 1.807) is 13.8 Å². The second kappa shape index (κ2) is 18.5. The minimum absolute atomic E-state index is 0.0342. The third kappa shape index (κ3) is 13.9. The van der Waals surface area contributed by atoms with Crippen LogP contribution in [0, 0.1) is 18.4 Å². The highest BCUT2D eigenvalue weighted by Crippen LogP contribution is 2.36. The molecule has 1 aliphatic rings. The molecule has 5 unspecified atom stereocenters. The van der Waals surface area contributed by atoms with Gasteiger partial charge in [0.1, 0.15) is 13.2 Å². The van der Waals surface area contributed by atoms with Gasteiger partial charge in [-0.05, 0) is 26.7 Å². The minimum atomic E-state index is -4.50. The molecule has 1 heterocycles. The molecule has 0 aromatic heterocycles. The molecule has 2 N–H and O–H groups in total. The molecule has 0 bridgehead atoms. The number of thioether (sulfide) groups is 1. The van der Waals surface area contributed by atoms with Gasteiger partial charge >= 0.3 is 11.9 Å². The molecule has 1 fully saturated rings. The summed E-state index contributed by atoms with van der Waals surface area (Å²) in [6, 6.07) is 0. The zero-order valence-electron chi connectivity index (χ0n) is 27.5. The SMILES string of the molecule is [C-]#[N+]C(C)(CC)CC(CC(CC(SC1CC(=O)N(C)C1=O)C(=O)NC(C)(C)CS(=O)(=O)O)C(=O)OCCOC)C(=O)OCCOC. The average Bonchev–Trinajstić information content (AvgIpc) is 3.20. The summed E-state index contributed by atoms with van der Waals surface area (Å²) >= 11 is 0.834. The number of amides is 3. The van der Waals surface area contributed by atoms with Gasteiger partial charge in [0.15, 0.2) is 0 Å². The maximum absolute atomic E-state index is 13.7. The average molecular weight is 694 g/mol. The molecule has 0 aliphatic carbocycles. The first-order valence-corrected chi connectivity index (χ1v) is 17.3. The minimum Gasteiger partial charge on any atom is -0.463 e. The first-order chi connectivity index (χ1) is 21.3. The normalized spacial score (nSPS) is 18.7. The van der Waals surface area contributed by atoms with E-state index in [0.29, 0.717) is 6.42 Å². The van der Waals surface area contributed by atoms with Gasteiger partial charge in [-0.2, -0.15) is 8.42 Å². The van der Waals surface area contributed by atoms with Gasteiger partial charge in [0.05, 0.1) is 46.8 Å². The number of carbonyl (C=O) groups excluding carboxylic acids is 5. The lowest BCUT2D eigenvalue weighted by atomic mass is 9.81. The van der Waals surface area contributed by atoms with Crippen molar-refractivity contribution in [1.82, 2.24) is 10.2 Å². The third-order valence-electron chi connectivity index (χ3n) is 7.48. The summed E-state index contributed by atoms with van der Waals surface area (Å²) < 4.78 is 53.3. The second-order valence-electron chi connectivity index (χ2n) is 12.1. The van der Waals surface area contributed by atoms with E-state index in [-0.39, 0.29) is 52.1 Å². The van der Waals surface area contributed by atoms with E-state index in [4.69, 9.17) is 25.5 Å². The predicted octanol–water partition coefficient (Wildman–Crippen LogP) is 1.50. The van der Waals surface area contributed by atoms with Crippen LogP contribution in [0.2, 0.25) is 0 Å². The number of ether oxygens (including phenoxy) is 4. The maximum atomic E-state index is 13.7. The number of methoxy groups -OCH3 is 2. The van der Waals surface area contributed by atoms with Gasteiger partial charge in [0.2, 0.25) is 23.3 Å². The van der Waals surface area contributed by atoms with Crippen LogP contribution in [0.4, 0.5) is 0 Å². The Morgan fingerprint density at radius 3 is 2.02 bits per heavy atom. The Morgan fingerprint density at radius 1 is 1.04 bits per heavy atom. The third-order valence-corrected chi connectivity index (χ3v) is 10.00. The number of nitrogens with zero attached hydrogens (tertiary/aromatic N) is 2. The molecular formula is C29H47N3O12S2. The van der Waals surface area contributed by atoms with Crippen LogP contribution in [0.1, 0.15) is 59.8 Å². The summed E-state index contributed by atoms with van der Waals surface area (Å²) in [5.74, 6) is -6.13. The Hall–Kier alpha value is -2.78. The fourth-order valence-corrected chi connectivity index (χ4v) is 7.22. The van der Waals surface area contributed by atoms with E-state index < -0.39 is 78.9 Å². The van der Waals surface area contributed by atoms with Gasteiger partial charge < -0.3 is 29.1 Å². The first kappa shape index (κ1) is 41.2. The molecule has 1 aliphatic heterocycles. The van der Waals surface area contributed by atoms with Crippen LogP contribution in [-0.4, -0.2) is 123 Å². The summed E-state index contributed by atoms with van der Waals surface area (Å²) in [7, 11) is -0.343. The van der Waals surface area contributed by atoms with Crippen LogP contribution in [0.25, 0.3) is 4.85 Å². The Labute approximate surface area is 275 Å². The van der Waals surface area contributed by atoms with Gasteiger partial charge in [-0.1, -0.05) is 6.92 Å². The number of carbonyl (C=O) groups is 5. The highest BCUT2D eigenvalue weighted by atomic mass is 32.2. The highest BCUT2D eigenvalue weighted by Gasteiger charge is 2.44. The number of likely N-dealkylation sites (tertiary alicyclic amines) is 1. The van der Waals surface area contributed by atoms with Crippen molar-refractivity contribution < 1.29 is 55.9 Å². The van der Waals surface area contributed by atoms with Crippen molar-refractivity contribution in [3.05, 3.63) is 11.4 Å². The first-order valence-electron chi connectivity index (χ1n) is 14.7. The van der Waals surface area contributed by atoms with Crippen LogP contribution in [0.3, 0.4) is 0 Å². The monoisotopic (exact) mass is 693 g/mol. The number of nitrogens with one attached hydrogen (secondary N) is 1. The van der Waals surface area contributed by atoms with Gasteiger partial charge in [-0.25, -0.2) is 6.57 Å². The fourth-order valence-electron chi connectivity index (χ4n) is 4.80. The van der Waals surface area contributed by atoms with Crippen molar-refractivity contribution >= 4 is 51.5 Å². The van der Waals surface area contributed by atoms with E-state index in [9.17, 15) is 36.9 Å². The Kier molecular flexibility index (Phi) is 16.6. The summed E-state index contributed by atoms with van der Waals surface area (Å²) in [4.78, 5) is 70.1. The summed E-state index contributed by atoms with van der Waals surface area (Å²) in [6.45, 7) is 13.9. The molecule has 0 radical (unpaired) electrons. The predicted molar refractivity (Wildman–Crippen MR) is 168 cm³/mol. The van der Waals surface area contributed by atoms with Gasteiger partial charge in [-0.3, -0.25) is 33.4 Å². The Morgan fingerprint density at radius 2 is 1.59 bits per heavy atom. The van der Waals surface area contributed by atoms with Gasteiger partial charge in [-0.15, -0.1) is 11.8 Å². The summed E-state index contributed by atoms with van der Waals surface area (Å²) in [5.41, 5.74) is -2.43. The Bertz CT molecular complexity index is 1240. The van der Waals surface area contributed by atoms with Gasteiger partial charge in [0.25, 0.3) is 10.1 Å². The largest absolute Gasteiger partial charge is 0.463 e. The van der Waals surface area contributed by atoms with E-state index >= 15 is 0 Å². The lowest BCUT2D eigenvalue weighted by Gasteiger charge is -2.30. The molecule has 1 rings (SSSR count). The van der Waals surface area contributed by atoms with Crippen molar-refractivity contribution in [3.63, 3.8) is 0 Å². The summed E-state index contributed by atoms with van der Waals surface area (Å²) in [5, 5.41) is 0.382. The van der Waals surface area contributed by atoms with Crippen molar-refractivity contribution in [1.29, 1.82) is 0 Å². The molecule has 0 aromatic rings. The van der Waals surface area contributed by atoms with Crippen LogP contribution < -0.4 is 5.32 Å². The van der Waals surface area contributed by atoms with E-state index in [1.165, 1.54) is 35.1 Å². The van der Waals surface area contributed by atoms with Crippen LogP contribution in [-0.2, 0) is 53.0 Å². The van der Waals surface area contributed by atoms with Gasteiger partial charge in [0, 0.05) is 47.5 Å². The topological polar surface area (TPSA) is 196 Å². The lowest BCUT2D eigenvalue weighted by molar-refractivity contribution is -0.155. The number of rotatable bonds is 21. The summed E-state index contributed by atoms with van der Waals surface area (Å²) in [6.07, 6.45) is -0.230. The molecule has 17 heteroatoms. The molecule has 15 nitrogen and oxygen atoms in total. The van der Waals surface area contributed by atoms with Crippen molar-refractivity contribution in [2.75, 3.05) is 53.4 Å². The zero-order valence-corrected chi connectivity index (χ0v) is 29.2. The molecule has 0 spiro atoms. The van der Waals surface area contributed by atoms with E-state index in [1.807, 2.05) is 0 Å². The van der Waals surface area contributed by atoms with Crippen LogP contribution >= 0.6 is 11.8 Å². The molecular weight excluding hydrogens is 646 g/mol. The molecule has 46 heavy (non-hydrogen) atoms. The Balaban J connectivity index is 3.54. The number of esters is 2. The maximum Gasteiger partial charge on any atom is 0.309 e. The molecule has 3 amide bonds. The van der Waals surface area contributed by atoms with Crippen LogP contribution in [0.5, 0.6) is 0 Å². The zero-order chi connectivity index (χ0) is 35.3. The smallest absolute Gasteiger partial charge is 0.309 e. The molecule has 0 saturated carbocycles. The van der Waals surface area contributed by atoms with Crippen LogP contribution in [0.15, 0.2) is 0 Å². The number of hydrogen-bond acceptors (Lipinski definition) is 12. The van der Waals surface area contributed by atoms with Crippen molar-refractivity contribution in [2.45, 2.75) is 81.4 Å². The van der Waals surface area contributed by atoms with Crippen molar-refractivity contribution in [2.24, 2.45) is 11.8 Å². The lowest BCUT2D eigenvalue weighted by Crippen LogP contribution is -2.51.